The zero-order chi connectivity index (χ0) is 15.1. The number of nitrogens with two attached hydrogens (primary N) is 1. The number of hydrogen-bond acceptors (Lipinski definition) is 3. The zero-order valence-corrected chi connectivity index (χ0v) is 12.5. The number of rotatable bonds is 6. The molecule has 0 radical (unpaired) electrons. The second-order valence-electron chi connectivity index (χ2n) is 4.56. The zero-order valence-electron chi connectivity index (χ0n) is 12.5. The van der Waals surface area contributed by atoms with Gasteiger partial charge in [0.1, 0.15) is 0 Å². The Hall–Kier alpha value is -2.33. The van der Waals surface area contributed by atoms with Crippen molar-refractivity contribution in [2.75, 3.05) is 20.8 Å². The van der Waals surface area contributed by atoms with Crippen LogP contribution in [-0.2, 0) is 6.54 Å². The second-order valence-corrected chi connectivity index (χ2v) is 4.56. The van der Waals surface area contributed by atoms with Gasteiger partial charge in [-0.05, 0) is 29.8 Å². The molecule has 1 aromatic heterocycles. The van der Waals surface area contributed by atoms with E-state index in [1.54, 1.807) is 14.2 Å². The highest BCUT2D eigenvalue weighted by Crippen LogP contribution is 2.28. The van der Waals surface area contributed by atoms with Crippen LogP contribution in [0.1, 0.15) is 11.3 Å². The monoisotopic (exact) mass is 285 g/mol. The first-order valence-corrected chi connectivity index (χ1v) is 6.87. The van der Waals surface area contributed by atoms with Crippen molar-refractivity contribution in [3.8, 4) is 11.5 Å². The quantitative estimate of drug-likeness (QED) is 0.827. The van der Waals surface area contributed by atoms with E-state index >= 15 is 0 Å². The molecule has 0 spiro atoms. The minimum Gasteiger partial charge on any atom is -0.493 e. The van der Waals surface area contributed by atoms with Gasteiger partial charge in [0, 0.05) is 18.2 Å². The molecule has 0 unspecified atom stereocenters. The van der Waals surface area contributed by atoms with E-state index in [0.717, 1.165) is 29.3 Å². The highest BCUT2D eigenvalue weighted by atomic mass is 16.5. The van der Waals surface area contributed by atoms with Gasteiger partial charge < -0.3 is 15.2 Å². The van der Waals surface area contributed by atoms with E-state index in [4.69, 9.17) is 15.2 Å². The van der Waals surface area contributed by atoms with Crippen molar-refractivity contribution in [1.29, 1.82) is 0 Å². The molecule has 2 rings (SSSR count). The number of methoxy groups -OCH3 is 2. The predicted octanol–water partition coefficient (Wildman–Crippen LogP) is 2.12. The van der Waals surface area contributed by atoms with Crippen molar-refractivity contribution in [3.05, 3.63) is 53.9 Å². The van der Waals surface area contributed by atoms with Gasteiger partial charge in [-0.3, -0.25) is 0 Å². The maximum absolute atomic E-state index is 5.63. The third kappa shape index (κ3) is 3.83. The van der Waals surface area contributed by atoms with Gasteiger partial charge in [0.15, 0.2) is 24.2 Å². The predicted molar refractivity (Wildman–Crippen MR) is 84.2 cm³/mol. The lowest BCUT2D eigenvalue weighted by atomic mass is 10.1. The van der Waals surface area contributed by atoms with Crippen LogP contribution in [0.5, 0.6) is 11.5 Å². The van der Waals surface area contributed by atoms with Crippen LogP contribution < -0.4 is 19.8 Å². The second kappa shape index (κ2) is 7.45. The fraction of sp³-hybridized carbons (Fsp3) is 0.235. The first-order chi connectivity index (χ1) is 10.3. The highest BCUT2D eigenvalue weighted by Gasteiger charge is 2.06. The summed E-state index contributed by atoms with van der Waals surface area (Å²) < 4.78 is 12.7. The number of pyridine rings is 1. The Bertz CT molecular complexity index is 624. The first-order valence-electron chi connectivity index (χ1n) is 6.87. The average Bonchev–Trinajstić information content (AvgIpc) is 2.54. The summed E-state index contributed by atoms with van der Waals surface area (Å²) in [5.41, 5.74) is 7.79. The normalized spacial score (nSPS) is 10.8. The summed E-state index contributed by atoms with van der Waals surface area (Å²) in [6.07, 6.45) is 6.14. The van der Waals surface area contributed by atoms with E-state index in [1.807, 2.05) is 42.6 Å². The Morgan fingerprint density at radius 1 is 1.05 bits per heavy atom. The molecule has 110 valence electrons. The molecule has 0 saturated heterocycles. The summed E-state index contributed by atoms with van der Waals surface area (Å²) in [5, 5.41) is 0. The van der Waals surface area contributed by atoms with Crippen LogP contribution in [0.2, 0.25) is 0 Å². The molecule has 1 aromatic carbocycles. The van der Waals surface area contributed by atoms with Crippen LogP contribution in [0.4, 0.5) is 0 Å². The number of aromatic nitrogens is 1. The van der Waals surface area contributed by atoms with E-state index in [1.165, 1.54) is 0 Å². The van der Waals surface area contributed by atoms with Crippen molar-refractivity contribution in [3.63, 3.8) is 0 Å². The molecular formula is C17H21N2O2+. The molecule has 4 heteroatoms. The molecule has 0 atom stereocenters. The lowest BCUT2D eigenvalue weighted by Gasteiger charge is -2.07. The van der Waals surface area contributed by atoms with Gasteiger partial charge >= 0.3 is 0 Å². The summed E-state index contributed by atoms with van der Waals surface area (Å²) in [4.78, 5) is 0. The fourth-order valence-corrected chi connectivity index (χ4v) is 2.12. The van der Waals surface area contributed by atoms with Crippen molar-refractivity contribution >= 4 is 12.2 Å². The Labute approximate surface area is 125 Å². The molecule has 0 amide bonds. The van der Waals surface area contributed by atoms with Crippen LogP contribution in [-0.4, -0.2) is 20.8 Å². The molecule has 21 heavy (non-hydrogen) atoms. The highest BCUT2D eigenvalue weighted by molar-refractivity contribution is 5.68. The summed E-state index contributed by atoms with van der Waals surface area (Å²) in [5.74, 6) is 1.45. The molecule has 2 N–H and O–H groups in total. The summed E-state index contributed by atoms with van der Waals surface area (Å²) in [6, 6.07) is 11.9. The molecule has 0 fully saturated rings. The van der Waals surface area contributed by atoms with Crippen LogP contribution in [0, 0.1) is 0 Å². The third-order valence-corrected chi connectivity index (χ3v) is 3.20. The molecule has 0 aliphatic carbocycles. The molecule has 0 bridgehead atoms. The van der Waals surface area contributed by atoms with E-state index in [2.05, 4.69) is 16.7 Å². The topological polar surface area (TPSA) is 48.4 Å². The molecule has 0 aliphatic heterocycles. The third-order valence-electron chi connectivity index (χ3n) is 3.20. The molecule has 0 saturated carbocycles. The maximum atomic E-state index is 5.63. The van der Waals surface area contributed by atoms with Crippen LogP contribution in [0.3, 0.4) is 0 Å². The standard InChI is InChI=1S/C17H21N2O2/c1-20-16-9-7-14(13-17(16)21-2)6-8-15-5-3-4-11-19(15)12-10-18/h3-9,11,13H,10,12,18H2,1-2H3/q+1/b8-6+. The van der Waals surface area contributed by atoms with Gasteiger partial charge in [0.25, 0.3) is 0 Å². The number of benzene rings is 1. The Morgan fingerprint density at radius 3 is 2.57 bits per heavy atom. The summed E-state index contributed by atoms with van der Waals surface area (Å²) in [7, 11) is 3.27. The van der Waals surface area contributed by atoms with Gasteiger partial charge in [-0.1, -0.05) is 6.07 Å². The van der Waals surface area contributed by atoms with E-state index < -0.39 is 0 Å². The lowest BCUT2D eigenvalue weighted by molar-refractivity contribution is -0.696. The van der Waals surface area contributed by atoms with E-state index in [0.29, 0.717) is 6.54 Å². The smallest absolute Gasteiger partial charge is 0.205 e. The molecular weight excluding hydrogens is 264 g/mol. The van der Waals surface area contributed by atoms with Crippen LogP contribution in [0.25, 0.3) is 12.2 Å². The van der Waals surface area contributed by atoms with Gasteiger partial charge in [0.05, 0.1) is 20.8 Å². The largest absolute Gasteiger partial charge is 0.493 e. The van der Waals surface area contributed by atoms with Crippen LogP contribution >= 0.6 is 0 Å². The van der Waals surface area contributed by atoms with E-state index in [9.17, 15) is 0 Å². The Balaban J connectivity index is 2.25. The Morgan fingerprint density at radius 2 is 1.86 bits per heavy atom. The lowest BCUT2D eigenvalue weighted by Crippen LogP contribution is -2.39. The first kappa shape index (κ1) is 15.1. The van der Waals surface area contributed by atoms with E-state index in [-0.39, 0.29) is 0 Å². The van der Waals surface area contributed by atoms with Crippen LogP contribution in [0.15, 0.2) is 42.6 Å². The van der Waals surface area contributed by atoms with Crippen molar-refractivity contribution in [2.24, 2.45) is 5.73 Å². The average molecular weight is 285 g/mol. The van der Waals surface area contributed by atoms with Crippen molar-refractivity contribution in [2.45, 2.75) is 6.54 Å². The summed E-state index contributed by atoms with van der Waals surface area (Å²) in [6.45, 7) is 1.42. The molecule has 4 nitrogen and oxygen atoms in total. The van der Waals surface area contributed by atoms with Gasteiger partial charge in [0.2, 0.25) is 5.69 Å². The number of hydrogen-bond donors (Lipinski definition) is 1. The number of nitrogens with zero attached hydrogens (tertiary/aromatic N) is 1. The SMILES string of the molecule is COc1ccc(/C=C/c2cccc[n+]2CCN)cc1OC. The minimum absolute atomic E-state index is 0.617. The number of ether oxygens (including phenoxy) is 2. The fourth-order valence-electron chi connectivity index (χ4n) is 2.12. The molecule has 1 heterocycles. The molecule has 2 aromatic rings. The minimum atomic E-state index is 0.617. The van der Waals surface area contributed by atoms with Gasteiger partial charge in [-0.2, -0.15) is 4.57 Å². The van der Waals surface area contributed by atoms with Crippen molar-refractivity contribution < 1.29 is 14.0 Å². The van der Waals surface area contributed by atoms with Gasteiger partial charge in [-0.15, -0.1) is 0 Å². The van der Waals surface area contributed by atoms with Crippen molar-refractivity contribution in [1.82, 2.24) is 0 Å². The Kier molecular flexibility index (Phi) is 5.35. The summed E-state index contributed by atoms with van der Waals surface area (Å²) >= 11 is 0. The molecule has 0 aliphatic rings. The maximum Gasteiger partial charge on any atom is 0.205 e. The van der Waals surface area contributed by atoms with Gasteiger partial charge in [-0.25, -0.2) is 0 Å².